The number of hydrogen-bond acceptors (Lipinski definition) is 2. The molecule has 2 atom stereocenters. The summed E-state index contributed by atoms with van der Waals surface area (Å²) in [6, 6.07) is 8.59. The summed E-state index contributed by atoms with van der Waals surface area (Å²) in [6.07, 6.45) is 9.17. The maximum atomic E-state index is 6.53. The second kappa shape index (κ2) is 6.37. The van der Waals surface area contributed by atoms with E-state index in [1.54, 1.807) is 0 Å². The van der Waals surface area contributed by atoms with Gasteiger partial charge >= 0.3 is 0 Å². The number of rotatable bonds is 6. The average Bonchev–Trinajstić information content (AvgIpc) is 2.53. The van der Waals surface area contributed by atoms with Crippen LogP contribution in [0.5, 0.6) is 5.75 Å². The van der Waals surface area contributed by atoms with Gasteiger partial charge in [-0.25, -0.2) is 0 Å². The third kappa shape index (κ3) is 3.22. The van der Waals surface area contributed by atoms with Gasteiger partial charge in [0.1, 0.15) is 5.75 Å². The highest BCUT2D eigenvalue weighted by atomic mass is 16.7. The molecule has 2 nitrogen and oxygen atoms in total. The van der Waals surface area contributed by atoms with E-state index < -0.39 is 0 Å². The monoisotopic (exact) mass is 328 g/mol. The molecule has 1 aromatic carbocycles. The Morgan fingerprint density at radius 3 is 2.00 bits per heavy atom. The summed E-state index contributed by atoms with van der Waals surface area (Å²) in [6.45, 7) is 6.58. The van der Waals surface area contributed by atoms with E-state index in [9.17, 15) is 0 Å². The van der Waals surface area contributed by atoms with Crippen LogP contribution in [0.15, 0.2) is 24.3 Å². The number of hydrogen-bond donors (Lipinski definition) is 0. The molecule has 24 heavy (non-hydrogen) atoms. The summed E-state index contributed by atoms with van der Waals surface area (Å²) < 4.78 is 12.6. The van der Waals surface area contributed by atoms with Crippen molar-refractivity contribution in [2.45, 2.75) is 83.5 Å². The van der Waals surface area contributed by atoms with Gasteiger partial charge < -0.3 is 9.47 Å². The molecular formula is C22H32O2. The van der Waals surface area contributed by atoms with E-state index >= 15 is 0 Å². The Morgan fingerprint density at radius 2 is 1.50 bits per heavy atom. The van der Waals surface area contributed by atoms with Crippen LogP contribution in [0, 0.1) is 17.8 Å². The number of ether oxygens (including phenoxy) is 2. The van der Waals surface area contributed by atoms with Gasteiger partial charge in [0.25, 0.3) is 0 Å². The molecule has 0 amide bonds. The topological polar surface area (TPSA) is 18.5 Å². The molecule has 0 aliphatic heterocycles. The molecule has 0 spiro atoms. The third-order valence-electron chi connectivity index (χ3n) is 6.76. The molecule has 5 rings (SSSR count). The van der Waals surface area contributed by atoms with Crippen LogP contribution in [0.4, 0.5) is 0 Å². The largest absolute Gasteiger partial charge is 0.465 e. The fourth-order valence-corrected chi connectivity index (χ4v) is 5.85. The predicted octanol–water partition coefficient (Wildman–Crippen LogP) is 5.91. The highest BCUT2D eigenvalue weighted by Crippen LogP contribution is 2.57. The molecule has 0 radical (unpaired) electrons. The fraction of sp³-hybridized carbons (Fsp3) is 0.727. The van der Waals surface area contributed by atoms with Gasteiger partial charge in [-0.15, -0.1) is 0 Å². The molecular weight excluding hydrogens is 296 g/mol. The second-order valence-corrected chi connectivity index (χ2v) is 8.78. The van der Waals surface area contributed by atoms with Crippen LogP contribution in [0.2, 0.25) is 0 Å². The summed E-state index contributed by atoms with van der Waals surface area (Å²) in [7, 11) is 0. The highest BCUT2D eigenvalue weighted by molar-refractivity contribution is 5.29. The summed E-state index contributed by atoms with van der Waals surface area (Å²) in [5.41, 5.74) is 1.50. The SMILES string of the molecule is CCC(C)c1ccc(OC(C)OC23CC4CC(CC(C4)C2)C3)cc1. The standard InChI is InChI=1S/C22H32O2/c1-4-15(2)20-5-7-21(8-6-20)23-16(3)24-22-12-17-9-18(13-22)11-19(10-17)14-22/h5-8,15-19H,4,9-14H2,1-3H3. The van der Waals surface area contributed by atoms with E-state index in [0.29, 0.717) is 5.92 Å². The Bertz CT molecular complexity index is 527. The first-order chi connectivity index (χ1) is 11.5. The molecule has 1 aromatic rings. The quantitative estimate of drug-likeness (QED) is 0.604. The van der Waals surface area contributed by atoms with Crippen molar-refractivity contribution >= 4 is 0 Å². The highest BCUT2D eigenvalue weighted by Gasteiger charge is 2.52. The lowest BCUT2D eigenvalue weighted by atomic mass is 9.54. The first-order valence-electron chi connectivity index (χ1n) is 9.99. The van der Waals surface area contributed by atoms with E-state index in [-0.39, 0.29) is 11.9 Å². The zero-order chi connectivity index (χ0) is 16.7. The van der Waals surface area contributed by atoms with Gasteiger partial charge in [-0.1, -0.05) is 26.0 Å². The average molecular weight is 328 g/mol. The van der Waals surface area contributed by atoms with E-state index in [2.05, 4.69) is 45.0 Å². The van der Waals surface area contributed by atoms with Crippen molar-refractivity contribution in [3.63, 3.8) is 0 Å². The molecule has 132 valence electrons. The number of benzene rings is 1. The molecule has 2 heteroatoms. The third-order valence-corrected chi connectivity index (χ3v) is 6.76. The fourth-order valence-electron chi connectivity index (χ4n) is 5.85. The first kappa shape index (κ1) is 16.4. The summed E-state index contributed by atoms with van der Waals surface area (Å²) >= 11 is 0. The Balaban J connectivity index is 1.37. The lowest BCUT2D eigenvalue weighted by molar-refractivity contribution is -0.225. The Hall–Kier alpha value is -1.02. The van der Waals surface area contributed by atoms with Crippen molar-refractivity contribution in [1.82, 2.24) is 0 Å². The van der Waals surface area contributed by atoms with E-state index in [4.69, 9.17) is 9.47 Å². The molecule has 2 unspecified atom stereocenters. The van der Waals surface area contributed by atoms with Crippen molar-refractivity contribution in [2.75, 3.05) is 0 Å². The zero-order valence-electron chi connectivity index (χ0n) is 15.5. The normalized spacial score (nSPS) is 36.5. The second-order valence-electron chi connectivity index (χ2n) is 8.78. The maximum Gasteiger partial charge on any atom is 0.197 e. The van der Waals surface area contributed by atoms with E-state index in [1.165, 1.54) is 50.5 Å². The smallest absolute Gasteiger partial charge is 0.197 e. The minimum Gasteiger partial charge on any atom is -0.465 e. The van der Waals surface area contributed by atoms with Crippen molar-refractivity contribution in [1.29, 1.82) is 0 Å². The minimum atomic E-state index is -0.157. The molecule has 4 aliphatic carbocycles. The van der Waals surface area contributed by atoms with Crippen LogP contribution in [0.25, 0.3) is 0 Å². The minimum absolute atomic E-state index is 0.116. The van der Waals surface area contributed by atoms with Crippen LogP contribution in [-0.2, 0) is 4.74 Å². The van der Waals surface area contributed by atoms with Crippen molar-refractivity contribution in [3.05, 3.63) is 29.8 Å². The molecule has 0 aromatic heterocycles. The maximum absolute atomic E-state index is 6.53. The molecule has 0 saturated heterocycles. The lowest BCUT2D eigenvalue weighted by Crippen LogP contribution is -2.53. The summed E-state index contributed by atoms with van der Waals surface area (Å²) in [5, 5.41) is 0. The van der Waals surface area contributed by atoms with Gasteiger partial charge in [0.05, 0.1) is 5.60 Å². The van der Waals surface area contributed by atoms with Gasteiger partial charge in [-0.2, -0.15) is 0 Å². The zero-order valence-corrected chi connectivity index (χ0v) is 15.5. The molecule has 4 saturated carbocycles. The van der Waals surface area contributed by atoms with Crippen molar-refractivity contribution in [2.24, 2.45) is 17.8 Å². The van der Waals surface area contributed by atoms with Crippen LogP contribution in [0.3, 0.4) is 0 Å². The van der Waals surface area contributed by atoms with E-state index in [1.807, 2.05) is 0 Å². The molecule has 4 fully saturated rings. The lowest BCUT2D eigenvalue weighted by Gasteiger charge is -2.56. The van der Waals surface area contributed by atoms with Gasteiger partial charge in [-0.05, 0) is 93.2 Å². The predicted molar refractivity (Wildman–Crippen MR) is 97.2 cm³/mol. The van der Waals surface area contributed by atoms with Gasteiger partial charge in [0.15, 0.2) is 6.29 Å². The van der Waals surface area contributed by atoms with Gasteiger partial charge in [0.2, 0.25) is 0 Å². The molecule has 4 aliphatic rings. The first-order valence-corrected chi connectivity index (χ1v) is 9.99. The molecule has 4 bridgehead atoms. The van der Waals surface area contributed by atoms with Gasteiger partial charge in [-0.3, -0.25) is 0 Å². The van der Waals surface area contributed by atoms with Crippen LogP contribution in [-0.4, -0.2) is 11.9 Å². The Morgan fingerprint density at radius 1 is 0.958 bits per heavy atom. The van der Waals surface area contributed by atoms with Crippen molar-refractivity contribution < 1.29 is 9.47 Å². The Labute approximate surface area is 146 Å². The summed E-state index contributed by atoms with van der Waals surface area (Å²) in [5.74, 6) is 4.29. The van der Waals surface area contributed by atoms with Crippen LogP contribution < -0.4 is 4.74 Å². The molecule has 0 heterocycles. The van der Waals surface area contributed by atoms with Crippen LogP contribution in [0.1, 0.15) is 77.2 Å². The van der Waals surface area contributed by atoms with Gasteiger partial charge in [0, 0.05) is 0 Å². The Kier molecular flexibility index (Phi) is 4.36. The van der Waals surface area contributed by atoms with E-state index in [0.717, 1.165) is 23.5 Å². The van der Waals surface area contributed by atoms with Crippen molar-refractivity contribution in [3.8, 4) is 5.75 Å². The summed E-state index contributed by atoms with van der Waals surface area (Å²) in [4.78, 5) is 0. The molecule has 0 N–H and O–H groups in total. The van der Waals surface area contributed by atoms with Crippen LogP contribution >= 0.6 is 0 Å².